The molecule has 3 aromatic carbocycles. The Balaban J connectivity index is 1.38. The van der Waals surface area contributed by atoms with Crippen molar-refractivity contribution in [2.24, 2.45) is 5.10 Å². The summed E-state index contributed by atoms with van der Waals surface area (Å²) in [5.41, 5.74) is 4.43. The number of hydrazone groups is 1. The number of rotatable bonds is 5. The van der Waals surface area contributed by atoms with Crippen LogP contribution in [-0.4, -0.2) is 23.1 Å². The van der Waals surface area contributed by atoms with E-state index in [-0.39, 0.29) is 5.91 Å². The Kier molecular flexibility index (Phi) is 4.80. The predicted octanol–water partition coefficient (Wildman–Crippen LogP) is 4.40. The van der Waals surface area contributed by atoms with Gasteiger partial charge >= 0.3 is 0 Å². The molecular weight excluding hydrogens is 356 g/mol. The molecule has 0 fully saturated rings. The van der Waals surface area contributed by atoms with Crippen LogP contribution in [0.25, 0.3) is 21.0 Å². The standard InChI is InChI=1S/C21H18N4OS/c1-14(23-21-24-18-8-4-5-9-19(18)27-21)20(26)25-22-13-15-10-11-16-6-2-3-7-17(16)12-15/h2-14H,1H3,(H,23,24)(H,25,26)/b22-13-/t14-/m0/s1. The molecule has 0 aliphatic heterocycles. The fraction of sp³-hybridized carbons (Fsp3) is 0.0952. The molecule has 4 rings (SSSR count). The average molecular weight is 374 g/mol. The third-order valence-electron chi connectivity index (χ3n) is 4.19. The maximum absolute atomic E-state index is 12.3. The van der Waals surface area contributed by atoms with Crippen molar-refractivity contribution in [3.8, 4) is 0 Å². The van der Waals surface area contributed by atoms with E-state index in [1.807, 2.05) is 54.6 Å². The first-order valence-electron chi connectivity index (χ1n) is 8.63. The number of anilines is 1. The molecule has 27 heavy (non-hydrogen) atoms. The molecular formula is C21H18N4OS. The van der Waals surface area contributed by atoms with Crippen LogP contribution >= 0.6 is 11.3 Å². The van der Waals surface area contributed by atoms with Gasteiger partial charge in [0.1, 0.15) is 6.04 Å². The van der Waals surface area contributed by atoms with E-state index in [1.165, 1.54) is 16.7 Å². The molecule has 1 atom stereocenters. The highest BCUT2D eigenvalue weighted by atomic mass is 32.1. The van der Waals surface area contributed by atoms with Crippen molar-refractivity contribution < 1.29 is 4.79 Å². The molecule has 0 unspecified atom stereocenters. The maximum Gasteiger partial charge on any atom is 0.262 e. The first kappa shape index (κ1) is 17.2. The monoisotopic (exact) mass is 374 g/mol. The van der Waals surface area contributed by atoms with E-state index < -0.39 is 6.04 Å². The van der Waals surface area contributed by atoms with Gasteiger partial charge in [0, 0.05) is 0 Å². The highest BCUT2D eigenvalue weighted by molar-refractivity contribution is 7.22. The zero-order valence-electron chi connectivity index (χ0n) is 14.7. The largest absolute Gasteiger partial charge is 0.350 e. The molecule has 134 valence electrons. The first-order valence-corrected chi connectivity index (χ1v) is 9.44. The number of benzene rings is 3. The summed E-state index contributed by atoms with van der Waals surface area (Å²) in [5.74, 6) is -0.216. The summed E-state index contributed by atoms with van der Waals surface area (Å²) in [6, 6.07) is 21.6. The van der Waals surface area contributed by atoms with Gasteiger partial charge in [-0.1, -0.05) is 59.9 Å². The zero-order chi connectivity index (χ0) is 18.6. The SMILES string of the molecule is C[C@H](Nc1nc2ccccc2s1)C(=O)N/N=C\c1ccc2ccccc2c1. The Morgan fingerprint density at radius 1 is 1.07 bits per heavy atom. The van der Waals surface area contributed by atoms with Gasteiger partial charge in [-0.3, -0.25) is 4.79 Å². The molecule has 1 amide bonds. The fourth-order valence-corrected chi connectivity index (χ4v) is 3.69. The number of hydrogen-bond acceptors (Lipinski definition) is 5. The molecule has 1 heterocycles. The molecule has 0 spiro atoms. The van der Waals surface area contributed by atoms with Crippen LogP contribution in [-0.2, 0) is 4.79 Å². The molecule has 0 radical (unpaired) electrons. The number of thiazole rings is 1. The lowest BCUT2D eigenvalue weighted by molar-refractivity contribution is -0.121. The first-order chi connectivity index (χ1) is 13.2. The summed E-state index contributed by atoms with van der Waals surface area (Å²) in [4.78, 5) is 16.7. The number of hydrogen-bond donors (Lipinski definition) is 2. The Morgan fingerprint density at radius 2 is 1.85 bits per heavy atom. The van der Waals surface area contributed by atoms with Crippen LogP contribution in [0, 0.1) is 0 Å². The lowest BCUT2D eigenvalue weighted by atomic mass is 10.1. The van der Waals surface area contributed by atoms with Gasteiger partial charge in [-0.2, -0.15) is 5.10 Å². The number of aromatic nitrogens is 1. The lowest BCUT2D eigenvalue weighted by Gasteiger charge is -2.10. The number of carbonyl (C=O) groups is 1. The summed E-state index contributed by atoms with van der Waals surface area (Å²) in [6.45, 7) is 1.78. The number of para-hydroxylation sites is 1. The molecule has 4 aromatic rings. The summed E-state index contributed by atoms with van der Waals surface area (Å²) in [6.07, 6.45) is 1.65. The number of carbonyl (C=O) groups excluding carboxylic acids is 1. The third-order valence-corrected chi connectivity index (χ3v) is 5.16. The smallest absolute Gasteiger partial charge is 0.262 e. The van der Waals surface area contributed by atoms with Gasteiger partial charge in [-0.15, -0.1) is 0 Å². The molecule has 0 bridgehead atoms. The van der Waals surface area contributed by atoms with Gasteiger partial charge in [-0.05, 0) is 41.5 Å². The van der Waals surface area contributed by atoms with Crippen LogP contribution < -0.4 is 10.7 Å². The molecule has 0 saturated heterocycles. The Bertz CT molecular complexity index is 1100. The molecule has 0 aliphatic rings. The van der Waals surface area contributed by atoms with Gasteiger partial charge in [-0.25, -0.2) is 10.4 Å². The van der Waals surface area contributed by atoms with Crippen LogP contribution in [0.5, 0.6) is 0 Å². The normalized spacial score (nSPS) is 12.5. The second kappa shape index (κ2) is 7.55. The molecule has 2 N–H and O–H groups in total. The molecule has 0 aliphatic carbocycles. The number of amides is 1. The Morgan fingerprint density at radius 3 is 2.70 bits per heavy atom. The Labute approximate surface area is 160 Å². The van der Waals surface area contributed by atoms with Crippen molar-refractivity contribution >= 4 is 49.6 Å². The lowest BCUT2D eigenvalue weighted by Crippen LogP contribution is -2.34. The van der Waals surface area contributed by atoms with E-state index in [4.69, 9.17) is 0 Å². The van der Waals surface area contributed by atoms with Crippen LogP contribution in [0.1, 0.15) is 12.5 Å². The minimum absolute atomic E-state index is 0.216. The zero-order valence-corrected chi connectivity index (χ0v) is 15.5. The van der Waals surface area contributed by atoms with Crippen LogP contribution in [0.3, 0.4) is 0 Å². The summed E-state index contributed by atoms with van der Waals surface area (Å²) in [7, 11) is 0. The van der Waals surface area contributed by atoms with Crippen molar-refractivity contribution in [3.05, 3.63) is 72.3 Å². The van der Waals surface area contributed by atoms with E-state index >= 15 is 0 Å². The van der Waals surface area contributed by atoms with Crippen molar-refractivity contribution in [2.45, 2.75) is 13.0 Å². The maximum atomic E-state index is 12.3. The van der Waals surface area contributed by atoms with Crippen molar-refractivity contribution in [1.29, 1.82) is 0 Å². The van der Waals surface area contributed by atoms with Crippen molar-refractivity contribution in [2.75, 3.05) is 5.32 Å². The molecule has 5 nitrogen and oxygen atoms in total. The van der Waals surface area contributed by atoms with Gasteiger partial charge in [0.15, 0.2) is 5.13 Å². The van der Waals surface area contributed by atoms with Gasteiger partial charge < -0.3 is 5.32 Å². The van der Waals surface area contributed by atoms with Gasteiger partial charge in [0.2, 0.25) is 0 Å². The summed E-state index contributed by atoms with van der Waals surface area (Å²) in [5, 5.41) is 10.2. The van der Waals surface area contributed by atoms with Crippen molar-refractivity contribution in [1.82, 2.24) is 10.4 Å². The topological polar surface area (TPSA) is 66.4 Å². The van der Waals surface area contributed by atoms with E-state index in [9.17, 15) is 4.79 Å². The van der Waals surface area contributed by atoms with Gasteiger partial charge in [0.05, 0.1) is 16.4 Å². The van der Waals surface area contributed by atoms with Crippen LogP contribution in [0.15, 0.2) is 71.8 Å². The van der Waals surface area contributed by atoms with E-state index in [2.05, 4.69) is 33.0 Å². The minimum atomic E-state index is -0.445. The third kappa shape index (κ3) is 3.96. The second-order valence-electron chi connectivity index (χ2n) is 6.19. The number of nitrogens with zero attached hydrogens (tertiary/aromatic N) is 2. The quantitative estimate of drug-likeness (QED) is 0.402. The summed E-state index contributed by atoms with van der Waals surface area (Å²) >= 11 is 1.52. The molecule has 0 saturated carbocycles. The number of fused-ring (bicyclic) bond motifs is 2. The fourth-order valence-electron chi connectivity index (χ4n) is 2.74. The van der Waals surface area contributed by atoms with E-state index in [1.54, 1.807) is 13.1 Å². The van der Waals surface area contributed by atoms with Crippen LogP contribution in [0.2, 0.25) is 0 Å². The van der Waals surface area contributed by atoms with Gasteiger partial charge in [0.25, 0.3) is 5.91 Å². The number of nitrogens with one attached hydrogen (secondary N) is 2. The van der Waals surface area contributed by atoms with Crippen molar-refractivity contribution in [3.63, 3.8) is 0 Å². The predicted molar refractivity (Wildman–Crippen MR) is 112 cm³/mol. The van der Waals surface area contributed by atoms with E-state index in [0.29, 0.717) is 0 Å². The molecule has 6 heteroatoms. The Hall–Kier alpha value is -3.25. The minimum Gasteiger partial charge on any atom is -0.350 e. The van der Waals surface area contributed by atoms with E-state index in [0.717, 1.165) is 26.3 Å². The van der Waals surface area contributed by atoms with Crippen LogP contribution in [0.4, 0.5) is 5.13 Å². The second-order valence-corrected chi connectivity index (χ2v) is 7.22. The average Bonchev–Trinajstić information content (AvgIpc) is 3.10. The highest BCUT2D eigenvalue weighted by Crippen LogP contribution is 2.25. The molecule has 1 aromatic heterocycles. The highest BCUT2D eigenvalue weighted by Gasteiger charge is 2.14. The summed E-state index contributed by atoms with van der Waals surface area (Å²) < 4.78 is 1.09.